The van der Waals surface area contributed by atoms with E-state index in [1.54, 1.807) is 0 Å². The summed E-state index contributed by atoms with van der Waals surface area (Å²) in [6, 6.07) is 12.5. The van der Waals surface area contributed by atoms with Crippen molar-refractivity contribution < 1.29 is 13.9 Å². The molecule has 0 atom stereocenters. The molecule has 2 aliphatic rings. The van der Waals surface area contributed by atoms with Gasteiger partial charge in [-0.1, -0.05) is 24.8 Å². The van der Waals surface area contributed by atoms with Gasteiger partial charge in [-0.05, 0) is 58.4 Å². The summed E-state index contributed by atoms with van der Waals surface area (Å²) in [4.78, 5) is 14.9. The van der Waals surface area contributed by atoms with Crippen LogP contribution in [-0.2, 0) is 9.53 Å². The Balaban J connectivity index is 2.48. The maximum atomic E-state index is 12.6. The van der Waals surface area contributed by atoms with Gasteiger partial charge in [-0.15, -0.1) is 0 Å². The van der Waals surface area contributed by atoms with Crippen molar-refractivity contribution in [1.82, 2.24) is 4.58 Å². The zero-order chi connectivity index (χ0) is 25.5. The Hall–Kier alpha value is -3.60. The van der Waals surface area contributed by atoms with Crippen LogP contribution in [0.4, 0.5) is 5.69 Å². The molecule has 1 aromatic rings. The van der Waals surface area contributed by atoms with Crippen molar-refractivity contribution in [3.8, 4) is 11.3 Å². The zero-order valence-electron chi connectivity index (χ0n) is 21.9. The number of methoxy groups -OCH3 is 1. The van der Waals surface area contributed by atoms with E-state index in [0.29, 0.717) is 11.1 Å². The van der Waals surface area contributed by atoms with Crippen molar-refractivity contribution in [1.29, 1.82) is 0 Å². The first-order chi connectivity index (χ1) is 16.9. The van der Waals surface area contributed by atoms with E-state index in [9.17, 15) is 4.79 Å². The van der Waals surface area contributed by atoms with E-state index in [2.05, 4.69) is 80.1 Å². The second-order valence-corrected chi connectivity index (χ2v) is 8.26. The Labute approximate surface area is 208 Å². The molecule has 3 rings (SSSR count). The molecule has 0 radical (unpaired) electrons. The molecular weight excluding hydrogens is 436 g/mol. The molecule has 0 spiro atoms. The van der Waals surface area contributed by atoms with E-state index in [1.807, 2.05) is 25.2 Å². The van der Waals surface area contributed by atoms with Crippen LogP contribution in [0, 0.1) is 0 Å². The highest BCUT2D eigenvalue weighted by molar-refractivity contribution is 6.12. The van der Waals surface area contributed by atoms with Crippen LogP contribution in [0.3, 0.4) is 0 Å². The topological polar surface area (TPSA) is 45.7 Å². The van der Waals surface area contributed by atoms with Gasteiger partial charge in [-0.2, -0.15) is 0 Å². The molecule has 1 heterocycles. The van der Waals surface area contributed by atoms with Crippen molar-refractivity contribution in [2.24, 2.45) is 0 Å². The highest BCUT2D eigenvalue weighted by Gasteiger charge is 2.24. The molecular formula is C30H37N2O3+. The molecule has 5 nitrogen and oxygen atoms in total. The standard InChI is InChI=1S/C30H37N2O3/c1-8-13-14-24(21(6)30(33)34-7)29-25-17-15-22(31(9-2)10-3)19-27(25)35-28-20-23(16-18-26(28)29)32(11-4)12-5/h8,13-20H,6,9-12H2,1-5,7H3/q+1/b13-8-,24-14+. The van der Waals surface area contributed by atoms with Crippen LogP contribution in [-0.4, -0.2) is 39.3 Å². The third-order valence-corrected chi connectivity index (χ3v) is 6.43. The van der Waals surface area contributed by atoms with Gasteiger partial charge in [-0.25, -0.2) is 9.37 Å². The van der Waals surface area contributed by atoms with E-state index in [4.69, 9.17) is 9.15 Å². The summed E-state index contributed by atoms with van der Waals surface area (Å²) in [5, 5.41) is 2.02. The lowest BCUT2D eigenvalue weighted by molar-refractivity contribution is -0.135. The quantitative estimate of drug-likeness (QED) is 0.128. The van der Waals surface area contributed by atoms with Crippen LogP contribution in [0.2, 0.25) is 0 Å². The normalized spacial score (nSPS) is 11.9. The first-order valence-corrected chi connectivity index (χ1v) is 12.4. The number of esters is 1. The lowest BCUT2D eigenvalue weighted by Gasteiger charge is -2.23. The fourth-order valence-electron chi connectivity index (χ4n) is 4.49. The van der Waals surface area contributed by atoms with Gasteiger partial charge < -0.3 is 14.1 Å². The zero-order valence-corrected chi connectivity index (χ0v) is 21.9. The van der Waals surface area contributed by atoms with Crippen molar-refractivity contribution in [3.63, 3.8) is 0 Å². The summed E-state index contributed by atoms with van der Waals surface area (Å²) >= 11 is 0. The molecule has 1 aliphatic carbocycles. The number of rotatable bonds is 9. The smallest absolute Gasteiger partial charge is 0.337 e. The number of fused-ring (bicyclic) bond motifs is 2. The summed E-state index contributed by atoms with van der Waals surface area (Å²) < 4.78 is 13.8. The van der Waals surface area contributed by atoms with E-state index in [0.717, 1.165) is 65.1 Å². The van der Waals surface area contributed by atoms with Crippen LogP contribution >= 0.6 is 0 Å². The van der Waals surface area contributed by atoms with E-state index in [1.165, 1.54) is 7.11 Å². The lowest BCUT2D eigenvalue weighted by atomic mass is 9.89. The van der Waals surface area contributed by atoms with Crippen molar-refractivity contribution in [2.75, 3.05) is 38.2 Å². The predicted octanol–water partition coefficient (Wildman–Crippen LogP) is 5.88. The van der Waals surface area contributed by atoms with Gasteiger partial charge in [0.2, 0.25) is 5.36 Å². The van der Waals surface area contributed by atoms with Gasteiger partial charge in [-0.3, -0.25) is 0 Å². The lowest BCUT2D eigenvalue weighted by Crippen LogP contribution is -2.29. The second kappa shape index (κ2) is 11.7. The molecule has 0 N–H and O–H groups in total. The molecule has 0 fully saturated rings. The maximum absolute atomic E-state index is 12.6. The fraction of sp³-hybridized carbons (Fsp3) is 0.333. The van der Waals surface area contributed by atoms with Gasteiger partial charge >= 0.3 is 5.97 Å². The largest absolute Gasteiger partial charge is 0.465 e. The Kier molecular flexibility index (Phi) is 8.69. The average Bonchev–Trinajstić information content (AvgIpc) is 2.88. The Morgan fingerprint density at radius 1 is 1.09 bits per heavy atom. The monoisotopic (exact) mass is 473 g/mol. The molecule has 0 saturated heterocycles. The third-order valence-electron chi connectivity index (χ3n) is 6.43. The molecule has 0 saturated carbocycles. The average molecular weight is 474 g/mol. The maximum Gasteiger partial charge on any atom is 0.337 e. The number of allylic oxidation sites excluding steroid dienone is 3. The predicted molar refractivity (Wildman–Crippen MR) is 147 cm³/mol. The summed E-state index contributed by atoms with van der Waals surface area (Å²) in [6.45, 7) is 18.2. The molecule has 1 aromatic carbocycles. The van der Waals surface area contributed by atoms with E-state index >= 15 is 0 Å². The first kappa shape index (κ1) is 26.0. The molecule has 0 unspecified atom stereocenters. The van der Waals surface area contributed by atoms with Gasteiger partial charge in [0.1, 0.15) is 24.4 Å². The van der Waals surface area contributed by atoms with Crippen molar-refractivity contribution in [3.05, 3.63) is 77.7 Å². The van der Waals surface area contributed by atoms with Gasteiger partial charge in [0, 0.05) is 47.4 Å². The van der Waals surface area contributed by atoms with E-state index in [-0.39, 0.29) is 0 Å². The Morgan fingerprint density at radius 3 is 2.40 bits per heavy atom. The SMILES string of the molecule is C=C(C(=O)OC)/C(=C\C=C/C)c1c2ccc(=[N+](CC)CC)cc-2oc2cc(N(CC)CC)ccc12. The molecule has 35 heavy (non-hydrogen) atoms. The van der Waals surface area contributed by atoms with Gasteiger partial charge in [0.05, 0.1) is 18.7 Å². The summed E-state index contributed by atoms with van der Waals surface area (Å²) in [5.41, 5.74) is 4.71. The minimum absolute atomic E-state index is 0.306. The van der Waals surface area contributed by atoms with Crippen LogP contribution in [0.15, 0.2) is 71.2 Å². The highest BCUT2D eigenvalue weighted by atomic mass is 16.5. The number of carbonyl (C=O) groups excluding carboxylic acids is 1. The summed E-state index contributed by atoms with van der Waals surface area (Å²) in [7, 11) is 1.38. The molecule has 0 amide bonds. The number of hydrogen-bond donors (Lipinski definition) is 0. The molecule has 5 heteroatoms. The van der Waals surface area contributed by atoms with Gasteiger partial charge in [0.15, 0.2) is 0 Å². The summed E-state index contributed by atoms with van der Waals surface area (Å²) in [5.74, 6) is 0.306. The number of benzene rings is 2. The van der Waals surface area contributed by atoms with E-state index < -0.39 is 5.97 Å². The van der Waals surface area contributed by atoms with Gasteiger partial charge in [0.25, 0.3) is 0 Å². The number of nitrogens with zero attached hydrogens (tertiary/aromatic N) is 2. The molecule has 0 bridgehead atoms. The Bertz CT molecular complexity index is 1320. The molecule has 184 valence electrons. The van der Waals surface area contributed by atoms with Crippen molar-refractivity contribution in [2.45, 2.75) is 34.6 Å². The number of hydrogen-bond acceptors (Lipinski definition) is 4. The highest BCUT2D eigenvalue weighted by Crippen LogP contribution is 2.40. The number of ether oxygens (including phenoxy) is 1. The van der Waals surface area contributed by atoms with Crippen LogP contribution in [0.5, 0.6) is 0 Å². The minimum atomic E-state index is -0.456. The van der Waals surface area contributed by atoms with Crippen LogP contribution in [0.1, 0.15) is 40.2 Å². The third kappa shape index (κ3) is 5.24. The van der Waals surface area contributed by atoms with Crippen LogP contribution in [0.25, 0.3) is 27.9 Å². The number of carbonyl (C=O) groups is 1. The second-order valence-electron chi connectivity index (χ2n) is 8.26. The number of anilines is 1. The first-order valence-electron chi connectivity index (χ1n) is 12.4. The van der Waals surface area contributed by atoms with Crippen molar-refractivity contribution >= 4 is 28.2 Å². The fourth-order valence-corrected chi connectivity index (χ4v) is 4.49. The molecule has 0 aromatic heterocycles. The molecule has 1 aliphatic heterocycles. The minimum Gasteiger partial charge on any atom is -0.465 e. The Morgan fingerprint density at radius 2 is 1.80 bits per heavy atom. The van der Waals surface area contributed by atoms with Crippen LogP contribution < -0.4 is 14.8 Å². The summed E-state index contributed by atoms with van der Waals surface area (Å²) in [6.07, 6.45) is 5.77.